The van der Waals surface area contributed by atoms with Crippen LogP contribution < -0.4 is 10.3 Å². The van der Waals surface area contributed by atoms with Crippen LogP contribution in [0.5, 0.6) is 0 Å². The molecule has 0 bridgehead atoms. The Morgan fingerprint density at radius 1 is 1.04 bits per heavy atom. The van der Waals surface area contributed by atoms with Crippen molar-refractivity contribution < 1.29 is 22.7 Å². The molecule has 0 aliphatic rings. The van der Waals surface area contributed by atoms with Gasteiger partial charge in [0.15, 0.2) is 0 Å². The number of nitrogens with one attached hydrogen (secondary N) is 3. The average molecular weight is 373 g/mol. The maximum Gasteiger partial charge on any atom is 0.337 e. The Morgan fingerprint density at radius 2 is 1.73 bits per heavy atom. The largest absolute Gasteiger partial charge is 0.465 e. The van der Waals surface area contributed by atoms with E-state index in [4.69, 9.17) is 0 Å². The summed E-state index contributed by atoms with van der Waals surface area (Å²) >= 11 is 0. The van der Waals surface area contributed by atoms with Crippen LogP contribution in [0.15, 0.2) is 59.6 Å². The molecule has 3 aromatic rings. The topological polar surface area (TPSA) is 117 Å². The molecule has 2 aromatic carbocycles. The van der Waals surface area contributed by atoms with Crippen LogP contribution in [0, 0.1) is 0 Å². The number of aromatic amines is 1. The maximum atomic E-state index is 12.3. The van der Waals surface area contributed by atoms with Gasteiger partial charge in [0, 0.05) is 17.1 Å². The van der Waals surface area contributed by atoms with E-state index in [-0.39, 0.29) is 10.5 Å². The molecular weight excluding hydrogens is 358 g/mol. The van der Waals surface area contributed by atoms with Gasteiger partial charge in [-0.15, -0.1) is 4.83 Å². The molecule has 3 rings (SSSR count). The fourth-order valence-electron chi connectivity index (χ4n) is 2.39. The highest BCUT2D eigenvalue weighted by molar-refractivity contribution is 7.89. The van der Waals surface area contributed by atoms with Crippen molar-refractivity contribution in [1.82, 2.24) is 15.2 Å². The average Bonchev–Trinajstić information content (AvgIpc) is 3.10. The number of para-hydroxylation sites is 1. The van der Waals surface area contributed by atoms with Crippen LogP contribution in [0.4, 0.5) is 0 Å². The predicted octanol–water partition coefficient (Wildman–Crippen LogP) is 1.58. The van der Waals surface area contributed by atoms with E-state index in [9.17, 15) is 18.0 Å². The third-order valence-electron chi connectivity index (χ3n) is 3.72. The van der Waals surface area contributed by atoms with Crippen molar-refractivity contribution in [2.24, 2.45) is 0 Å². The third-order valence-corrected chi connectivity index (χ3v) is 4.98. The molecule has 26 heavy (non-hydrogen) atoms. The number of hydrazine groups is 1. The lowest BCUT2D eigenvalue weighted by molar-refractivity contribution is 0.0600. The van der Waals surface area contributed by atoms with E-state index in [1.165, 1.54) is 37.6 Å². The van der Waals surface area contributed by atoms with Crippen molar-refractivity contribution in [1.29, 1.82) is 0 Å². The molecule has 8 nitrogen and oxygen atoms in total. The first kappa shape index (κ1) is 17.6. The molecule has 0 radical (unpaired) electrons. The van der Waals surface area contributed by atoms with E-state index >= 15 is 0 Å². The second-order valence-corrected chi connectivity index (χ2v) is 7.01. The van der Waals surface area contributed by atoms with Gasteiger partial charge in [-0.05, 0) is 30.3 Å². The minimum absolute atomic E-state index is 0.107. The second kappa shape index (κ2) is 6.98. The number of esters is 1. The fraction of sp³-hybridized carbons (Fsp3) is 0.0588. The van der Waals surface area contributed by atoms with Crippen LogP contribution in [0.2, 0.25) is 0 Å². The van der Waals surface area contributed by atoms with Gasteiger partial charge in [-0.3, -0.25) is 10.2 Å². The number of ether oxygens (including phenoxy) is 1. The van der Waals surface area contributed by atoms with Gasteiger partial charge in [-0.1, -0.05) is 18.2 Å². The lowest BCUT2D eigenvalue weighted by atomic mass is 10.2. The van der Waals surface area contributed by atoms with Gasteiger partial charge in [0.2, 0.25) is 0 Å². The zero-order valence-electron chi connectivity index (χ0n) is 13.6. The van der Waals surface area contributed by atoms with Crippen molar-refractivity contribution in [2.45, 2.75) is 4.90 Å². The minimum atomic E-state index is -3.99. The molecule has 1 heterocycles. The van der Waals surface area contributed by atoms with E-state index in [1.54, 1.807) is 18.2 Å². The van der Waals surface area contributed by atoms with Crippen LogP contribution in [0.25, 0.3) is 10.9 Å². The first-order chi connectivity index (χ1) is 12.4. The third kappa shape index (κ3) is 3.44. The number of carbonyl (C=O) groups excluding carboxylic acids is 2. The Kier molecular flexibility index (Phi) is 4.74. The van der Waals surface area contributed by atoms with Crippen LogP contribution in [0.1, 0.15) is 20.7 Å². The van der Waals surface area contributed by atoms with Crippen LogP contribution in [-0.4, -0.2) is 32.4 Å². The van der Waals surface area contributed by atoms with Crippen molar-refractivity contribution in [3.05, 3.63) is 65.9 Å². The van der Waals surface area contributed by atoms with Gasteiger partial charge in [0.25, 0.3) is 15.9 Å². The van der Waals surface area contributed by atoms with E-state index < -0.39 is 21.9 Å². The first-order valence-corrected chi connectivity index (χ1v) is 8.97. The molecule has 0 aliphatic heterocycles. The van der Waals surface area contributed by atoms with Crippen LogP contribution in [-0.2, 0) is 14.8 Å². The van der Waals surface area contributed by atoms with Gasteiger partial charge in [-0.25, -0.2) is 13.2 Å². The molecule has 0 fully saturated rings. The summed E-state index contributed by atoms with van der Waals surface area (Å²) in [5.41, 5.74) is 3.47. The molecule has 1 amide bonds. The number of methoxy groups -OCH3 is 1. The number of hydrogen-bond donors (Lipinski definition) is 3. The lowest BCUT2D eigenvalue weighted by Crippen LogP contribution is -2.41. The maximum absolute atomic E-state index is 12.3. The van der Waals surface area contributed by atoms with Gasteiger partial charge < -0.3 is 9.72 Å². The molecule has 9 heteroatoms. The number of benzene rings is 2. The van der Waals surface area contributed by atoms with Crippen LogP contribution >= 0.6 is 0 Å². The summed E-state index contributed by atoms with van der Waals surface area (Å²) in [6.07, 6.45) is 1.50. The minimum Gasteiger partial charge on any atom is -0.465 e. The molecule has 3 N–H and O–H groups in total. The summed E-state index contributed by atoms with van der Waals surface area (Å²) < 4.78 is 29.1. The molecule has 0 saturated heterocycles. The number of H-pyrrole nitrogens is 1. The highest BCUT2D eigenvalue weighted by atomic mass is 32.2. The Bertz CT molecular complexity index is 1070. The van der Waals surface area contributed by atoms with E-state index in [2.05, 4.69) is 15.1 Å². The molecule has 0 atom stereocenters. The Labute approximate surface area is 149 Å². The number of sulfonamides is 1. The van der Waals surface area contributed by atoms with Crippen molar-refractivity contribution in [3.63, 3.8) is 0 Å². The van der Waals surface area contributed by atoms with E-state index in [0.717, 1.165) is 5.52 Å². The molecule has 0 unspecified atom stereocenters. The molecule has 134 valence electrons. The van der Waals surface area contributed by atoms with Crippen molar-refractivity contribution in [3.8, 4) is 0 Å². The summed E-state index contributed by atoms with van der Waals surface area (Å²) in [6.45, 7) is 0. The Morgan fingerprint density at radius 3 is 2.42 bits per heavy atom. The van der Waals surface area contributed by atoms with E-state index in [1.807, 2.05) is 10.9 Å². The normalized spacial score (nSPS) is 11.3. The summed E-state index contributed by atoms with van der Waals surface area (Å²) in [5, 5.41) is 0.673. The molecular formula is C17H15N3O5S. The monoisotopic (exact) mass is 373 g/mol. The van der Waals surface area contributed by atoms with E-state index in [0.29, 0.717) is 10.9 Å². The summed E-state index contributed by atoms with van der Waals surface area (Å²) in [7, 11) is -2.76. The van der Waals surface area contributed by atoms with Crippen molar-refractivity contribution in [2.75, 3.05) is 7.11 Å². The zero-order chi connectivity index (χ0) is 18.7. The molecule has 1 aromatic heterocycles. The Hall–Kier alpha value is -3.17. The van der Waals surface area contributed by atoms with Crippen molar-refractivity contribution >= 4 is 32.8 Å². The summed E-state index contributed by atoms with van der Waals surface area (Å²) in [5.74, 6) is -1.17. The SMILES string of the molecule is COC(=O)c1ccc(S(=O)(=O)NNC(=O)c2c[nH]c3ccccc23)cc1. The number of rotatable bonds is 5. The number of aromatic nitrogens is 1. The number of amides is 1. The quantitative estimate of drug-likeness (QED) is 0.464. The smallest absolute Gasteiger partial charge is 0.337 e. The fourth-order valence-corrected chi connectivity index (χ4v) is 3.23. The number of fused-ring (bicyclic) bond motifs is 1. The van der Waals surface area contributed by atoms with Gasteiger partial charge in [0.05, 0.1) is 23.1 Å². The standard InChI is InChI=1S/C17H15N3O5S/c1-25-17(22)11-6-8-12(9-7-11)26(23,24)20-19-16(21)14-10-18-15-5-3-2-4-13(14)15/h2-10,18,20H,1H3,(H,19,21). The number of hydrogen-bond acceptors (Lipinski definition) is 5. The molecule has 0 aliphatic carbocycles. The predicted molar refractivity (Wildman–Crippen MR) is 93.9 cm³/mol. The zero-order valence-corrected chi connectivity index (χ0v) is 14.5. The summed E-state index contributed by atoms with van der Waals surface area (Å²) in [6, 6.07) is 12.3. The Balaban J connectivity index is 1.73. The van der Waals surface area contributed by atoms with Gasteiger partial charge in [-0.2, -0.15) is 0 Å². The second-order valence-electron chi connectivity index (χ2n) is 5.32. The lowest BCUT2D eigenvalue weighted by Gasteiger charge is -2.08. The highest BCUT2D eigenvalue weighted by Crippen LogP contribution is 2.17. The molecule has 0 saturated carbocycles. The van der Waals surface area contributed by atoms with Gasteiger partial charge >= 0.3 is 5.97 Å². The van der Waals surface area contributed by atoms with Crippen LogP contribution in [0.3, 0.4) is 0 Å². The summed E-state index contributed by atoms with van der Waals surface area (Å²) in [4.78, 5) is 28.5. The highest BCUT2D eigenvalue weighted by Gasteiger charge is 2.18. The number of carbonyl (C=O) groups is 2. The van der Waals surface area contributed by atoms with Gasteiger partial charge in [0.1, 0.15) is 0 Å². The molecule has 0 spiro atoms. The first-order valence-electron chi connectivity index (χ1n) is 7.49.